The normalized spacial score (nSPS) is 17.3. The molecule has 1 aliphatic rings. The van der Waals surface area contributed by atoms with Gasteiger partial charge in [0.25, 0.3) is 5.91 Å². The third-order valence-corrected chi connectivity index (χ3v) is 4.08. The molecule has 0 spiro atoms. The first-order valence-corrected chi connectivity index (χ1v) is 7.85. The van der Waals surface area contributed by atoms with Gasteiger partial charge in [0, 0.05) is 18.7 Å². The van der Waals surface area contributed by atoms with Crippen molar-refractivity contribution in [1.29, 1.82) is 0 Å². The third kappa shape index (κ3) is 3.90. The number of amides is 1. The van der Waals surface area contributed by atoms with E-state index in [2.05, 4.69) is 0 Å². The number of methoxy groups -OCH3 is 1. The SMILES string of the molecule is COc1cccc(C(=O)N2CCC(OCc3ccccc3)C2)c1. The Balaban J connectivity index is 1.55. The Hall–Kier alpha value is -2.33. The quantitative estimate of drug-likeness (QED) is 0.851. The summed E-state index contributed by atoms with van der Waals surface area (Å²) in [5, 5.41) is 0. The molecule has 1 amide bonds. The summed E-state index contributed by atoms with van der Waals surface area (Å²) < 4.78 is 11.1. The van der Waals surface area contributed by atoms with Crippen molar-refractivity contribution in [1.82, 2.24) is 4.90 Å². The number of ether oxygens (including phenoxy) is 2. The second-order valence-electron chi connectivity index (χ2n) is 5.69. The number of rotatable bonds is 5. The Kier molecular flexibility index (Phi) is 4.93. The Morgan fingerprint density at radius 2 is 2.00 bits per heavy atom. The maximum Gasteiger partial charge on any atom is 0.254 e. The minimum Gasteiger partial charge on any atom is -0.497 e. The number of hydrogen-bond donors (Lipinski definition) is 0. The fourth-order valence-electron chi connectivity index (χ4n) is 2.78. The van der Waals surface area contributed by atoms with Gasteiger partial charge in [0.05, 0.1) is 19.8 Å². The number of hydrogen-bond acceptors (Lipinski definition) is 3. The van der Waals surface area contributed by atoms with Crippen molar-refractivity contribution in [3.63, 3.8) is 0 Å². The summed E-state index contributed by atoms with van der Waals surface area (Å²) in [5.41, 5.74) is 1.82. The van der Waals surface area contributed by atoms with E-state index in [1.54, 1.807) is 13.2 Å². The van der Waals surface area contributed by atoms with E-state index >= 15 is 0 Å². The van der Waals surface area contributed by atoms with Crippen LogP contribution in [0.4, 0.5) is 0 Å². The summed E-state index contributed by atoms with van der Waals surface area (Å²) in [7, 11) is 1.60. The Bertz CT molecular complexity index is 657. The zero-order valence-corrected chi connectivity index (χ0v) is 13.3. The van der Waals surface area contributed by atoms with E-state index in [0.717, 1.165) is 18.5 Å². The summed E-state index contributed by atoms with van der Waals surface area (Å²) in [5.74, 6) is 0.738. The van der Waals surface area contributed by atoms with Crippen LogP contribution in [0.25, 0.3) is 0 Å². The van der Waals surface area contributed by atoms with E-state index in [9.17, 15) is 4.79 Å². The van der Waals surface area contributed by atoms with Crippen LogP contribution in [0, 0.1) is 0 Å². The smallest absolute Gasteiger partial charge is 0.254 e. The van der Waals surface area contributed by atoms with E-state index in [1.165, 1.54) is 0 Å². The van der Waals surface area contributed by atoms with Crippen LogP contribution in [0.3, 0.4) is 0 Å². The largest absolute Gasteiger partial charge is 0.497 e. The third-order valence-electron chi connectivity index (χ3n) is 4.08. The number of nitrogens with zero attached hydrogens (tertiary/aromatic N) is 1. The predicted molar refractivity (Wildman–Crippen MR) is 88.5 cm³/mol. The van der Waals surface area contributed by atoms with Crippen molar-refractivity contribution in [2.24, 2.45) is 0 Å². The molecule has 1 atom stereocenters. The number of benzene rings is 2. The molecule has 1 heterocycles. The highest BCUT2D eigenvalue weighted by Crippen LogP contribution is 2.19. The minimum atomic E-state index is 0.0368. The molecule has 2 aromatic carbocycles. The molecule has 4 heteroatoms. The van der Waals surface area contributed by atoms with Crippen molar-refractivity contribution in [2.45, 2.75) is 19.1 Å². The van der Waals surface area contributed by atoms with Gasteiger partial charge in [0.15, 0.2) is 0 Å². The zero-order chi connectivity index (χ0) is 16.1. The van der Waals surface area contributed by atoms with Crippen LogP contribution in [0.2, 0.25) is 0 Å². The molecule has 0 radical (unpaired) electrons. The topological polar surface area (TPSA) is 38.8 Å². The first kappa shape index (κ1) is 15.6. The molecule has 1 aliphatic heterocycles. The van der Waals surface area contributed by atoms with E-state index in [4.69, 9.17) is 9.47 Å². The molecule has 1 saturated heterocycles. The average molecular weight is 311 g/mol. The van der Waals surface area contributed by atoms with E-state index in [0.29, 0.717) is 24.5 Å². The molecule has 0 bridgehead atoms. The van der Waals surface area contributed by atoms with E-state index < -0.39 is 0 Å². The van der Waals surface area contributed by atoms with Crippen LogP contribution in [0.1, 0.15) is 22.3 Å². The zero-order valence-electron chi connectivity index (χ0n) is 13.3. The van der Waals surface area contributed by atoms with Gasteiger partial charge in [-0.25, -0.2) is 0 Å². The predicted octanol–water partition coefficient (Wildman–Crippen LogP) is 3.13. The molecule has 0 N–H and O–H groups in total. The lowest BCUT2D eigenvalue weighted by Gasteiger charge is -2.17. The number of carbonyl (C=O) groups is 1. The standard InChI is InChI=1S/C19H21NO3/c1-22-17-9-5-8-16(12-17)19(21)20-11-10-18(13-20)23-14-15-6-3-2-4-7-15/h2-9,12,18H,10-11,13-14H2,1H3. The second kappa shape index (κ2) is 7.29. The van der Waals surface area contributed by atoms with Crippen LogP contribution in [0.15, 0.2) is 54.6 Å². The highest BCUT2D eigenvalue weighted by atomic mass is 16.5. The lowest BCUT2D eigenvalue weighted by Crippen LogP contribution is -2.30. The molecule has 4 nitrogen and oxygen atoms in total. The van der Waals surface area contributed by atoms with Crippen LogP contribution in [-0.2, 0) is 11.3 Å². The summed E-state index contributed by atoms with van der Waals surface area (Å²) in [6, 6.07) is 17.4. The molecular weight excluding hydrogens is 290 g/mol. The maximum atomic E-state index is 12.5. The van der Waals surface area contributed by atoms with Gasteiger partial charge in [-0.2, -0.15) is 0 Å². The first-order chi connectivity index (χ1) is 11.3. The van der Waals surface area contributed by atoms with Crippen molar-refractivity contribution in [3.8, 4) is 5.75 Å². The van der Waals surface area contributed by atoms with Gasteiger partial charge in [-0.15, -0.1) is 0 Å². The fourth-order valence-corrected chi connectivity index (χ4v) is 2.78. The van der Waals surface area contributed by atoms with Gasteiger partial charge in [-0.1, -0.05) is 36.4 Å². The molecule has 1 fully saturated rings. The molecule has 0 aliphatic carbocycles. The maximum absolute atomic E-state index is 12.5. The van der Waals surface area contributed by atoms with Crippen LogP contribution < -0.4 is 4.74 Å². The minimum absolute atomic E-state index is 0.0368. The van der Waals surface area contributed by atoms with Crippen molar-refractivity contribution < 1.29 is 14.3 Å². The molecule has 2 aromatic rings. The summed E-state index contributed by atoms with van der Waals surface area (Å²) in [6.45, 7) is 1.96. The second-order valence-corrected chi connectivity index (χ2v) is 5.69. The lowest BCUT2D eigenvalue weighted by molar-refractivity contribution is 0.0437. The van der Waals surface area contributed by atoms with Gasteiger partial charge in [-0.3, -0.25) is 4.79 Å². The molecule has 120 valence electrons. The van der Waals surface area contributed by atoms with Crippen LogP contribution >= 0.6 is 0 Å². The monoisotopic (exact) mass is 311 g/mol. The fraction of sp³-hybridized carbons (Fsp3) is 0.316. The van der Waals surface area contributed by atoms with Gasteiger partial charge in [0.1, 0.15) is 5.75 Å². The Morgan fingerprint density at radius 1 is 1.17 bits per heavy atom. The van der Waals surface area contributed by atoms with Crippen molar-refractivity contribution in [2.75, 3.05) is 20.2 Å². The Labute approximate surface area is 136 Å². The molecule has 23 heavy (non-hydrogen) atoms. The number of carbonyl (C=O) groups excluding carboxylic acids is 1. The summed E-state index contributed by atoms with van der Waals surface area (Å²) in [6.07, 6.45) is 0.979. The molecule has 0 aromatic heterocycles. The van der Waals surface area contributed by atoms with Crippen LogP contribution in [0.5, 0.6) is 5.75 Å². The van der Waals surface area contributed by atoms with E-state index in [1.807, 2.05) is 53.4 Å². The average Bonchev–Trinajstić information content (AvgIpc) is 3.09. The number of likely N-dealkylation sites (tertiary alicyclic amines) is 1. The molecular formula is C19H21NO3. The van der Waals surface area contributed by atoms with Gasteiger partial charge >= 0.3 is 0 Å². The molecule has 1 unspecified atom stereocenters. The van der Waals surface area contributed by atoms with Gasteiger partial charge in [-0.05, 0) is 30.2 Å². The highest BCUT2D eigenvalue weighted by Gasteiger charge is 2.27. The van der Waals surface area contributed by atoms with Crippen molar-refractivity contribution >= 4 is 5.91 Å². The highest BCUT2D eigenvalue weighted by molar-refractivity contribution is 5.94. The molecule has 3 rings (SSSR count). The first-order valence-electron chi connectivity index (χ1n) is 7.85. The van der Waals surface area contributed by atoms with Crippen LogP contribution in [-0.4, -0.2) is 37.1 Å². The van der Waals surface area contributed by atoms with Crippen molar-refractivity contribution in [3.05, 3.63) is 65.7 Å². The summed E-state index contributed by atoms with van der Waals surface area (Å²) >= 11 is 0. The summed E-state index contributed by atoms with van der Waals surface area (Å²) in [4.78, 5) is 14.4. The van der Waals surface area contributed by atoms with Gasteiger partial charge in [0.2, 0.25) is 0 Å². The van der Waals surface area contributed by atoms with E-state index in [-0.39, 0.29) is 12.0 Å². The van der Waals surface area contributed by atoms with Gasteiger partial charge < -0.3 is 14.4 Å². The lowest BCUT2D eigenvalue weighted by atomic mass is 10.2. The molecule has 0 saturated carbocycles. The Morgan fingerprint density at radius 3 is 2.78 bits per heavy atom.